The fourth-order valence-electron chi connectivity index (χ4n) is 2.63. The zero-order valence-corrected chi connectivity index (χ0v) is 9.92. The van der Waals surface area contributed by atoms with Crippen molar-refractivity contribution in [3.8, 4) is 0 Å². The summed E-state index contributed by atoms with van der Waals surface area (Å²) < 4.78 is 0. The standard InChI is InChI=1S/C11H24N4/c1-9-10(2)15(14-13-12-9)11-7-5-3-4-6-8-11/h9-14H,3-8H2,1-2H3/t9-,10+/m0/s1. The molecule has 1 heterocycles. The lowest BCUT2D eigenvalue weighted by Crippen LogP contribution is -2.70. The molecule has 0 amide bonds. The van der Waals surface area contributed by atoms with E-state index < -0.39 is 0 Å². The largest absolute Gasteiger partial charge is 0.239 e. The second-order valence-electron chi connectivity index (χ2n) is 4.96. The summed E-state index contributed by atoms with van der Waals surface area (Å²) in [6, 6.07) is 1.75. The van der Waals surface area contributed by atoms with Crippen molar-refractivity contribution >= 4 is 0 Å². The third-order valence-corrected chi connectivity index (χ3v) is 3.87. The second-order valence-corrected chi connectivity index (χ2v) is 4.96. The third-order valence-electron chi connectivity index (χ3n) is 3.87. The third kappa shape index (κ3) is 2.69. The van der Waals surface area contributed by atoms with Crippen molar-refractivity contribution in [1.29, 1.82) is 0 Å². The normalized spacial score (nSPS) is 36.4. The molecular formula is C11H24N4. The molecule has 0 aromatic rings. The first kappa shape index (κ1) is 11.3. The van der Waals surface area contributed by atoms with Gasteiger partial charge < -0.3 is 0 Å². The van der Waals surface area contributed by atoms with Gasteiger partial charge in [0.25, 0.3) is 0 Å². The van der Waals surface area contributed by atoms with Crippen LogP contribution in [0.3, 0.4) is 0 Å². The monoisotopic (exact) mass is 212 g/mol. The quantitative estimate of drug-likeness (QED) is 0.573. The Kier molecular flexibility index (Phi) is 3.97. The van der Waals surface area contributed by atoms with Crippen molar-refractivity contribution in [2.24, 2.45) is 0 Å². The van der Waals surface area contributed by atoms with Gasteiger partial charge in [-0.05, 0) is 26.7 Å². The summed E-state index contributed by atoms with van der Waals surface area (Å²) in [4.78, 5) is 0. The minimum absolute atomic E-state index is 0.495. The number of hydrogen-bond acceptors (Lipinski definition) is 4. The van der Waals surface area contributed by atoms with Crippen molar-refractivity contribution in [2.75, 3.05) is 0 Å². The van der Waals surface area contributed by atoms with Gasteiger partial charge in [0.05, 0.1) is 0 Å². The molecule has 1 aliphatic carbocycles. The number of nitrogens with one attached hydrogen (secondary N) is 3. The molecule has 0 radical (unpaired) electrons. The molecule has 2 fully saturated rings. The Balaban J connectivity index is 1.94. The van der Waals surface area contributed by atoms with Crippen LogP contribution in [0.5, 0.6) is 0 Å². The second kappa shape index (κ2) is 5.25. The van der Waals surface area contributed by atoms with Gasteiger partial charge in [0, 0.05) is 18.1 Å². The first-order valence-corrected chi connectivity index (χ1v) is 6.33. The van der Waals surface area contributed by atoms with Crippen LogP contribution >= 0.6 is 0 Å². The first-order chi connectivity index (χ1) is 7.29. The van der Waals surface area contributed by atoms with Gasteiger partial charge in [-0.1, -0.05) is 25.7 Å². The molecule has 0 aromatic carbocycles. The van der Waals surface area contributed by atoms with E-state index in [9.17, 15) is 0 Å². The summed E-state index contributed by atoms with van der Waals surface area (Å²) in [7, 11) is 0. The highest BCUT2D eigenvalue weighted by Gasteiger charge is 2.30. The molecular weight excluding hydrogens is 188 g/mol. The molecule has 2 atom stereocenters. The van der Waals surface area contributed by atoms with Crippen LogP contribution in [-0.4, -0.2) is 23.1 Å². The van der Waals surface area contributed by atoms with E-state index in [1.54, 1.807) is 0 Å². The Labute approximate surface area is 92.7 Å². The van der Waals surface area contributed by atoms with Crippen molar-refractivity contribution in [3.63, 3.8) is 0 Å². The van der Waals surface area contributed by atoms with Gasteiger partial charge in [0.15, 0.2) is 0 Å². The van der Waals surface area contributed by atoms with Gasteiger partial charge in [-0.2, -0.15) is 11.1 Å². The van der Waals surface area contributed by atoms with E-state index in [-0.39, 0.29) is 0 Å². The molecule has 15 heavy (non-hydrogen) atoms. The molecule has 0 spiro atoms. The number of rotatable bonds is 1. The molecule has 4 nitrogen and oxygen atoms in total. The zero-order chi connectivity index (χ0) is 10.7. The van der Waals surface area contributed by atoms with Gasteiger partial charge in [-0.3, -0.25) is 0 Å². The highest BCUT2D eigenvalue weighted by molar-refractivity contribution is 4.82. The zero-order valence-electron chi connectivity index (χ0n) is 9.92. The number of hydrazine groups is 3. The van der Waals surface area contributed by atoms with Crippen molar-refractivity contribution in [3.05, 3.63) is 0 Å². The average molecular weight is 212 g/mol. The maximum atomic E-state index is 3.27. The van der Waals surface area contributed by atoms with Crippen LogP contribution in [0.25, 0.3) is 0 Å². The minimum Gasteiger partial charge on any atom is -0.239 e. The van der Waals surface area contributed by atoms with Gasteiger partial charge in [-0.25, -0.2) is 10.4 Å². The molecule has 2 aliphatic rings. The fraction of sp³-hybridized carbons (Fsp3) is 1.00. The van der Waals surface area contributed by atoms with E-state index in [4.69, 9.17) is 0 Å². The topological polar surface area (TPSA) is 39.3 Å². The Morgan fingerprint density at radius 1 is 1.00 bits per heavy atom. The average Bonchev–Trinajstić information content (AvgIpc) is 2.50. The van der Waals surface area contributed by atoms with Crippen LogP contribution < -0.4 is 16.5 Å². The van der Waals surface area contributed by atoms with E-state index in [1.165, 1.54) is 38.5 Å². The Morgan fingerprint density at radius 2 is 1.67 bits per heavy atom. The molecule has 0 bridgehead atoms. The first-order valence-electron chi connectivity index (χ1n) is 6.33. The predicted octanol–water partition coefficient (Wildman–Crippen LogP) is 1.32. The molecule has 2 rings (SSSR count). The molecule has 3 N–H and O–H groups in total. The van der Waals surface area contributed by atoms with Gasteiger partial charge in [-0.15, -0.1) is 0 Å². The van der Waals surface area contributed by atoms with E-state index in [2.05, 4.69) is 35.4 Å². The lowest BCUT2D eigenvalue weighted by molar-refractivity contribution is -0.0207. The molecule has 1 aliphatic heterocycles. The lowest BCUT2D eigenvalue weighted by Gasteiger charge is -2.43. The summed E-state index contributed by atoms with van der Waals surface area (Å²) in [5.41, 5.74) is 9.54. The number of hydrogen-bond donors (Lipinski definition) is 3. The van der Waals surface area contributed by atoms with Crippen molar-refractivity contribution in [2.45, 2.75) is 70.5 Å². The van der Waals surface area contributed by atoms with Crippen molar-refractivity contribution in [1.82, 2.24) is 21.5 Å². The van der Waals surface area contributed by atoms with E-state index >= 15 is 0 Å². The van der Waals surface area contributed by atoms with Crippen LogP contribution in [0.1, 0.15) is 52.4 Å². The van der Waals surface area contributed by atoms with Gasteiger partial charge in [0.1, 0.15) is 0 Å². The maximum Gasteiger partial charge on any atom is 0.0396 e. The Morgan fingerprint density at radius 3 is 2.33 bits per heavy atom. The Hall–Kier alpha value is -0.160. The lowest BCUT2D eigenvalue weighted by atomic mass is 10.0. The van der Waals surface area contributed by atoms with E-state index in [0.717, 1.165) is 0 Å². The minimum atomic E-state index is 0.495. The summed E-state index contributed by atoms with van der Waals surface area (Å²) in [6.07, 6.45) is 8.28. The fourth-order valence-corrected chi connectivity index (χ4v) is 2.63. The predicted molar refractivity (Wildman–Crippen MR) is 61.7 cm³/mol. The summed E-state index contributed by atoms with van der Waals surface area (Å²) in [5, 5.41) is 2.41. The summed E-state index contributed by atoms with van der Waals surface area (Å²) >= 11 is 0. The Bertz CT molecular complexity index is 189. The number of nitrogens with zero attached hydrogens (tertiary/aromatic N) is 1. The van der Waals surface area contributed by atoms with E-state index in [1.807, 2.05) is 0 Å². The van der Waals surface area contributed by atoms with E-state index in [0.29, 0.717) is 18.1 Å². The smallest absolute Gasteiger partial charge is 0.0396 e. The van der Waals surface area contributed by atoms with Crippen LogP contribution in [0.15, 0.2) is 0 Å². The van der Waals surface area contributed by atoms with Crippen LogP contribution in [0, 0.1) is 0 Å². The molecule has 0 unspecified atom stereocenters. The molecule has 1 saturated carbocycles. The SMILES string of the molecule is C[C@@H]1NNNN(C2CCCCCC2)[C@@H]1C. The molecule has 0 aromatic heterocycles. The molecule has 88 valence electrons. The maximum absolute atomic E-state index is 3.27. The highest BCUT2D eigenvalue weighted by atomic mass is 15.8. The summed E-state index contributed by atoms with van der Waals surface area (Å²) in [6.45, 7) is 4.51. The molecule has 4 heteroatoms. The van der Waals surface area contributed by atoms with Gasteiger partial charge in [0.2, 0.25) is 0 Å². The molecule has 1 saturated heterocycles. The summed E-state index contributed by atoms with van der Waals surface area (Å²) in [5.74, 6) is 0. The van der Waals surface area contributed by atoms with Gasteiger partial charge >= 0.3 is 0 Å². The van der Waals surface area contributed by atoms with Crippen LogP contribution in [0.2, 0.25) is 0 Å². The highest BCUT2D eigenvalue weighted by Crippen LogP contribution is 2.23. The van der Waals surface area contributed by atoms with Crippen LogP contribution in [-0.2, 0) is 0 Å². The van der Waals surface area contributed by atoms with Crippen LogP contribution in [0.4, 0.5) is 0 Å². The van der Waals surface area contributed by atoms with Crippen molar-refractivity contribution < 1.29 is 0 Å².